The number of hydrazine groups is 1. The minimum absolute atomic E-state index is 0.188. The Balaban J connectivity index is 2.64. The number of nitrogens with zero attached hydrogens (tertiary/aromatic N) is 1. The van der Waals surface area contributed by atoms with E-state index in [9.17, 15) is 0 Å². The Labute approximate surface area is 102 Å². The molecular weight excluding hydrogens is 218 g/mol. The number of aromatic nitrogens is 1. The topological polar surface area (TPSA) is 50.9 Å². The van der Waals surface area contributed by atoms with Gasteiger partial charge >= 0.3 is 0 Å². The normalized spacial score (nSPS) is 14.8. The van der Waals surface area contributed by atoms with E-state index in [-0.39, 0.29) is 6.04 Å². The third kappa shape index (κ3) is 3.77. The van der Waals surface area contributed by atoms with Gasteiger partial charge in [-0.3, -0.25) is 16.3 Å². The SMILES string of the molecule is CCC(C)SCC(NN)c1cnccc1C. The fourth-order valence-corrected chi connectivity index (χ4v) is 2.48. The summed E-state index contributed by atoms with van der Waals surface area (Å²) in [5, 5.41) is 0.674. The Morgan fingerprint density at radius 1 is 1.56 bits per heavy atom. The van der Waals surface area contributed by atoms with Crippen molar-refractivity contribution in [2.45, 2.75) is 38.5 Å². The lowest BCUT2D eigenvalue weighted by atomic mass is 10.1. The van der Waals surface area contributed by atoms with Crippen molar-refractivity contribution in [3.8, 4) is 0 Å². The highest BCUT2D eigenvalue weighted by Crippen LogP contribution is 2.23. The standard InChI is InChI=1S/C12H21N3S/c1-4-10(3)16-8-12(15-13)11-7-14-6-5-9(11)2/h5-7,10,12,15H,4,8,13H2,1-3H3. The number of nitrogens with one attached hydrogen (secondary N) is 1. The zero-order valence-electron chi connectivity index (χ0n) is 10.2. The van der Waals surface area contributed by atoms with Crippen LogP contribution in [0.3, 0.4) is 0 Å². The minimum atomic E-state index is 0.188. The number of aryl methyl sites for hydroxylation is 1. The first-order valence-electron chi connectivity index (χ1n) is 5.67. The van der Waals surface area contributed by atoms with Crippen molar-refractivity contribution in [3.63, 3.8) is 0 Å². The molecule has 2 atom stereocenters. The molecule has 0 radical (unpaired) electrons. The van der Waals surface area contributed by atoms with Crippen LogP contribution in [0.5, 0.6) is 0 Å². The molecule has 2 unspecified atom stereocenters. The van der Waals surface area contributed by atoms with Crippen LogP contribution in [0.1, 0.15) is 37.4 Å². The second kappa shape index (κ2) is 6.89. The molecule has 0 fully saturated rings. The van der Waals surface area contributed by atoms with Crippen LogP contribution in [0.4, 0.5) is 0 Å². The maximum absolute atomic E-state index is 5.61. The van der Waals surface area contributed by atoms with Gasteiger partial charge in [-0.2, -0.15) is 11.8 Å². The summed E-state index contributed by atoms with van der Waals surface area (Å²) >= 11 is 1.94. The van der Waals surface area contributed by atoms with Crippen LogP contribution in [-0.4, -0.2) is 16.0 Å². The molecule has 0 amide bonds. The summed E-state index contributed by atoms with van der Waals surface area (Å²) in [6, 6.07) is 2.21. The number of pyridine rings is 1. The number of thioether (sulfide) groups is 1. The van der Waals surface area contributed by atoms with Crippen molar-refractivity contribution in [2.24, 2.45) is 5.84 Å². The summed E-state index contributed by atoms with van der Waals surface area (Å²) in [7, 11) is 0. The zero-order valence-corrected chi connectivity index (χ0v) is 11.1. The van der Waals surface area contributed by atoms with E-state index in [1.807, 2.05) is 30.2 Å². The lowest BCUT2D eigenvalue weighted by molar-refractivity contribution is 0.604. The van der Waals surface area contributed by atoms with Crippen LogP contribution in [0, 0.1) is 6.92 Å². The van der Waals surface area contributed by atoms with Crippen LogP contribution in [0.15, 0.2) is 18.5 Å². The van der Waals surface area contributed by atoms with Gasteiger partial charge in [0.25, 0.3) is 0 Å². The van der Waals surface area contributed by atoms with Crippen molar-refractivity contribution < 1.29 is 0 Å². The fourth-order valence-electron chi connectivity index (χ4n) is 1.45. The zero-order chi connectivity index (χ0) is 12.0. The Kier molecular flexibility index (Phi) is 5.80. The molecule has 0 saturated heterocycles. The number of rotatable bonds is 6. The van der Waals surface area contributed by atoms with Crippen molar-refractivity contribution in [3.05, 3.63) is 29.6 Å². The average molecular weight is 239 g/mol. The molecule has 0 bridgehead atoms. The van der Waals surface area contributed by atoms with Crippen LogP contribution in [-0.2, 0) is 0 Å². The predicted octanol–water partition coefficient (Wildman–Crippen LogP) is 2.43. The first-order valence-corrected chi connectivity index (χ1v) is 6.72. The van der Waals surface area contributed by atoms with Gasteiger partial charge in [0.1, 0.15) is 0 Å². The van der Waals surface area contributed by atoms with E-state index in [1.54, 1.807) is 0 Å². The molecule has 90 valence electrons. The van der Waals surface area contributed by atoms with Gasteiger partial charge in [-0.1, -0.05) is 13.8 Å². The van der Waals surface area contributed by atoms with Crippen molar-refractivity contribution in [1.29, 1.82) is 0 Å². The predicted molar refractivity (Wildman–Crippen MR) is 71.2 cm³/mol. The third-order valence-electron chi connectivity index (χ3n) is 2.78. The Morgan fingerprint density at radius 2 is 2.31 bits per heavy atom. The second-order valence-corrected chi connectivity index (χ2v) is 5.48. The van der Waals surface area contributed by atoms with Gasteiger partial charge in [-0.15, -0.1) is 0 Å². The Hall–Kier alpha value is -0.580. The molecule has 0 aliphatic rings. The van der Waals surface area contributed by atoms with Crippen molar-refractivity contribution in [1.82, 2.24) is 10.4 Å². The van der Waals surface area contributed by atoms with E-state index >= 15 is 0 Å². The van der Waals surface area contributed by atoms with E-state index < -0.39 is 0 Å². The molecular formula is C12H21N3S. The van der Waals surface area contributed by atoms with E-state index in [0.29, 0.717) is 5.25 Å². The highest BCUT2D eigenvalue weighted by Gasteiger charge is 2.13. The second-order valence-electron chi connectivity index (χ2n) is 4.00. The molecule has 0 saturated carbocycles. The molecule has 3 nitrogen and oxygen atoms in total. The van der Waals surface area contributed by atoms with Gasteiger partial charge in [0.05, 0.1) is 6.04 Å². The fraction of sp³-hybridized carbons (Fsp3) is 0.583. The quantitative estimate of drug-likeness (QED) is 0.591. The molecule has 3 N–H and O–H groups in total. The van der Waals surface area contributed by atoms with E-state index in [0.717, 1.165) is 5.75 Å². The molecule has 1 aromatic heterocycles. The van der Waals surface area contributed by atoms with Gasteiger partial charge < -0.3 is 0 Å². The summed E-state index contributed by atoms with van der Waals surface area (Å²) < 4.78 is 0. The Bertz CT molecular complexity index is 317. The monoisotopic (exact) mass is 239 g/mol. The lowest BCUT2D eigenvalue weighted by Gasteiger charge is -2.19. The highest BCUT2D eigenvalue weighted by atomic mass is 32.2. The highest BCUT2D eigenvalue weighted by molar-refractivity contribution is 7.99. The van der Waals surface area contributed by atoms with Gasteiger partial charge in [0, 0.05) is 23.4 Å². The molecule has 1 heterocycles. The number of hydrogen-bond acceptors (Lipinski definition) is 4. The van der Waals surface area contributed by atoms with Gasteiger partial charge in [0.15, 0.2) is 0 Å². The summed E-state index contributed by atoms with van der Waals surface area (Å²) in [6.07, 6.45) is 4.90. The molecule has 4 heteroatoms. The molecule has 0 aliphatic carbocycles. The maximum atomic E-state index is 5.61. The van der Waals surface area contributed by atoms with Crippen molar-refractivity contribution >= 4 is 11.8 Å². The van der Waals surface area contributed by atoms with E-state index in [1.165, 1.54) is 17.5 Å². The van der Waals surface area contributed by atoms with E-state index in [2.05, 4.69) is 31.2 Å². The summed E-state index contributed by atoms with van der Waals surface area (Å²) in [5.74, 6) is 6.59. The third-order valence-corrected chi connectivity index (χ3v) is 4.21. The van der Waals surface area contributed by atoms with Crippen LogP contribution < -0.4 is 11.3 Å². The minimum Gasteiger partial charge on any atom is -0.271 e. The molecule has 0 aliphatic heterocycles. The largest absolute Gasteiger partial charge is 0.271 e. The van der Waals surface area contributed by atoms with Crippen LogP contribution in [0.25, 0.3) is 0 Å². The van der Waals surface area contributed by atoms with Crippen molar-refractivity contribution in [2.75, 3.05) is 5.75 Å². The maximum Gasteiger partial charge on any atom is 0.0568 e. The lowest BCUT2D eigenvalue weighted by Crippen LogP contribution is -2.30. The molecule has 1 rings (SSSR count). The van der Waals surface area contributed by atoms with Crippen LogP contribution >= 0.6 is 11.8 Å². The van der Waals surface area contributed by atoms with Gasteiger partial charge in [-0.05, 0) is 30.5 Å². The summed E-state index contributed by atoms with van der Waals surface area (Å²) in [4.78, 5) is 4.16. The smallest absolute Gasteiger partial charge is 0.0568 e. The van der Waals surface area contributed by atoms with Gasteiger partial charge in [-0.25, -0.2) is 0 Å². The van der Waals surface area contributed by atoms with Crippen LogP contribution in [0.2, 0.25) is 0 Å². The molecule has 0 aromatic carbocycles. The average Bonchev–Trinajstić information content (AvgIpc) is 2.31. The number of nitrogens with two attached hydrogens (primary N) is 1. The van der Waals surface area contributed by atoms with E-state index in [4.69, 9.17) is 5.84 Å². The molecule has 0 spiro atoms. The first kappa shape index (κ1) is 13.5. The van der Waals surface area contributed by atoms with Gasteiger partial charge in [0.2, 0.25) is 0 Å². The summed E-state index contributed by atoms with van der Waals surface area (Å²) in [6.45, 7) is 6.54. The number of hydrogen-bond donors (Lipinski definition) is 2. The first-order chi connectivity index (χ1) is 7.69. The molecule has 16 heavy (non-hydrogen) atoms. The Morgan fingerprint density at radius 3 is 2.88 bits per heavy atom. The summed E-state index contributed by atoms with van der Waals surface area (Å²) in [5.41, 5.74) is 5.31. The molecule has 1 aromatic rings.